The molecule has 0 aliphatic carbocycles. The van der Waals surface area contributed by atoms with Gasteiger partial charge in [-0.15, -0.1) is 5.10 Å². The molecular formula is C14H18N3O3S-. The Labute approximate surface area is 127 Å². The number of nitrogens with two attached hydrogens (primary N) is 1. The van der Waals surface area contributed by atoms with Gasteiger partial charge >= 0.3 is 5.97 Å². The molecule has 0 bridgehead atoms. The highest BCUT2D eigenvalue weighted by Gasteiger charge is 2.04. The van der Waals surface area contributed by atoms with Crippen LogP contribution in [0.5, 0.6) is 5.75 Å². The number of rotatable bonds is 7. The number of carboxylic acid groups (broad SMARTS) is 1. The molecule has 114 valence electrons. The SMILES string of the molecule is CCCCCS/C(N)=N/N=C/c1cccc(C(=O)O)c1[O-]. The summed E-state index contributed by atoms with van der Waals surface area (Å²) in [7, 11) is 0. The second kappa shape index (κ2) is 9.02. The van der Waals surface area contributed by atoms with Crippen LogP contribution in [-0.2, 0) is 0 Å². The average molecular weight is 308 g/mol. The lowest BCUT2D eigenvalue weighted by atomic mass is 10.1. The minimum absolute atomic E-state index is 0.169. The van der Waals surface area contributed by atoms with E-state index in [1.165, 1.54) is 36.2 Å². The van der Waals surface area contributed by atoms with Gasteiger partial charge in [0.1, 0.15) is 0 Å². The van der Waals surface area contributed by atoms with Gasteiger partial charge in [-0.25, -0.2) is 4.79 Å². The highest BCUT2D eigenvalue weighted by molar-refractivity contribution is 8.13. The van der Waals surface area contributed by atoms with Crippen LogP contribution in [-0.4, -0.2) is 28.2 Å². The summed E-state index contributed by atoms with van der Waals surface area (Å²) in [5.74, 6) is -0.970. The average Bonchev–Trinajstić information content (AvgIpc) is 2.45. The number of nitrogens with zero attached hydrogens (tertiary/aromatic N) is 2. The normalized spacial score (nSPS) is 12.0. The molecule has 1 aromatic carbocycles. The second-order valence-electron chi connectivity index (χ2n) is 4.27. The van der Waals surface area contributed by atoms with Gasteiger partial charge in [0.25, 0.3) is 0 Å². The number of carbonyl (C=O) groups is 1. The van der Waals surface area contributed by atoms with Crippen molar-refractivity contribution in [3.63, 3.8) is 0 Å². The quantitative estimate of drug-likeness (QED) is 0.346. The first-order valence-corrected chi connectivity index (χ1v) is 7.57. The molecule has 1 aromatic rings. The van der Waals surface area contributed by atoms with E-state index in [1.807, 2.05) is 0 Å². The Morgan fingerprint density at radius 2 is 2.24 bits per heavy atom. The van der Waals surface area contributed by atoms with Crippen LogP contribution in [0, 0.1) is 0 Å². The number of para-hydroxylation sites is 1. The van der Waals surface area contributed by atoms with E-state index in [9.17, 15) is 9.90 Å². The van der Waals surface area contributed by atoms with Gasteiger partial charge in [0, 0.05) is 5.75 Å². The minimum Gasteiger partial charge on any atom is -0.871 e. The largest absolute Gasteiger partial charge is 0.871 e. The van der Waals surface area contributed by atoms with Crippen LogP contribution < -0.4 is 10.8 Å². The topological polar surface area (TPSA) is 111 Å². The number of benzene rings is 1. The van der Waals surface area contributed by atoms with Gasteiger partial charge in [-0.3, -0.25) is 0 Å². The van der Waals surface area contributed by atoms with Crippen LogP contribution in [0.1, 0.15) is 42.1 Å². The van der Waals surface area contributed by atoms with Crippen molar-refractivity contribution in [2.45, 2.75) is 26.2 Å². The van der Waals surface area contributed by atoms with Gasteiger partial charge in [0.15, 0.2) is 5.17 Å². The summed E-state index contributed by atoms with van der Waals surface area (Å²) in [5, 5.41) is 28.4. The number of thioether (sulfide) groups is 1. The smallest absolute Gasteiger partial charge is 0.335 e. The molecule has 6 nitrogen and oxygen atoms in total. The number of hydrogen-bond acceptors (Lipinski definition) is 5. The first kappa shape index (κ1) is 17.0. The maximum Gasteiger partial charge on any atom is 0.335 e. The molecule has 0 aliphatic rings. The van der Waals surface area contributed by atoms with Crippen molar-refractivity contribution in [3.8, 4) is 5.75 Å². The van der Waals surface area contributed by atoms with Crippen molar-refractivity contribution in [1.82, 2.24) is 0 Å². The Morgan fingerprint density at radius 3 is 2.90 bits per heavy atom. The zero-order valence-corrected chi connectivity index (χ0v) is 12.6. The van der Waals surface area contributed by atoms with Crippen molar-refractivity contribution in [3.05, 3.63) is 29.3 Å². The molecule has 1 rings (SSSR count). The van der Waals surface area contributed by atoms with Gasteiger partial charge in [-0.2, -0.15) is 5.10 Å². The Balaban J connectivity index is 2.64. The van der Waals surface area contributed by atoms with Crippen LogP contribution in [0.3, 0.4) is 0 Å². The van der Waals surface area contributed by atoms with Crippen LogP contribution in [0.15, 0.2) is 28.4 Å². The van der Waals surface area contributed by atoms with E-state index >= 15 is 0 Å². The Morgan fingerprint density at radius 1 is 1.48 bits per heavy atom. The third-order valence-electron chi connectivity index (χ3n) is 2.63. The van der Waals surface area contributed by atoms with Gasteiger partial charge in [0.2, 0.25) is 0 Å². The number of amidine groups is 1. The van der Waals surface area contributed by atoms with Gasteiger partial charge < -0.3 is 15.9 Å². The fourth-order valence-corrected chi connectivity index (χ4v) is 2.19. The molecule has 3 N–H and O–H groups in total. The maximum absolute atomic E-state index is 11.8. The van der Waals surface area contributed by atoms with Gasteiger partial charge in [0.05, 0.1) is 11.8 Å². The van der Waals surface area contributed by atoms with Crippen molar-refractivity contribution in [2.24, 2.45) is 15.9 Å². The van der Waals surface area contributed by atoms with Crippen LogP contribution in [0.2, 0.25) is 0 Å². The van der Waals surface area contributed by atoms with Crippen molar-refractivity contribution in [1.29, 1.82) is 0 Å². The molecule has 0 aliphatic heterocycles. The summed E-state index contributed by atoms with van der Waals surface area (Å²) in [6.07, 6.45) is 4.56. The molecule has 21 heavy (non-hydrogen) atoms. The van der Waals surface area contributed by atoms with E-state index in [4.69, 9.17) is 10.8 Å². The predicted octanol–water partition coefficient (Wildman–Crippen LogP) is 2.03. The fourth-order valence-electron chi connectivity index (χ4n) is 1.53. The molecule has 0 heterocycles. The summed E-state index contributed by atoms with van der Waals surface area (Å²) in [5.41, 5.74) is 5.54. The van der Waals surface area contributed by atoms with E-state index in [0.29, 0.717) is 5.17 Å². The highest BCUT2D eigenvalue weighted by Crippen LogP contribution is 2.17. The molecule has 7 heteroatoms. The van der Waals surface area contributed by atoms with Crippen molar-refractivity contribution >= 4 is 29.1 Å². The highest BCUT2D eigenvalue weighted by atomic mass is 32.2. The molecule has 0 spiro atoms. The summed E-state index contributed by atoms with van der Waals surface area (Å²) < 4.78 is 0. The molecule has 0 saturated carbocycles. The fraction of sp³-hybridized carbons (Fsp3) is 0.357. The second-order valence-corrected chi connectivity index (χ2v) is 5.38. The molecule has 0 radical (unpaired) electrons. The Hall–Kier alpha value is -2.02. The lowest BCUT2D eigenvalue weighted by Gasteiger charge is -2.12. The van der Waals surface area contributed by atoms with E-state index in [1.54, 1.807) is 0 Å². The monoisotopic (exact) mass is 308 g/mol. The zero-order chi connectivity index (χ0) is 15.7. The summed E-state index contributed by atoms with van der Waals surface area (Å²) in [6.45, 7) is 2.12. The van der Waals surface area contributed by atoms with E-state index in [2.05, 4.69) is 17.1 Å². The lowest BCUT2D eigenvalue weighted by Crippen LogP contribution is -2.07. The van der Waals surface area contributed by atoms with E-state index in [0.717, 1.165) is 25.0 Å². The molecule has 0 fully saturated rings. The van der Waals surface area contributed by atoms with Crippen LogP contribution in [0.4, 0.5) is 0 Å². The minimum atomic E-state index is -1.26. The van der Waals surface area contributed by atoms with Gasteiger partial charge in [-0.05, 0) is 18.1 Å². The third kappa shape index (κ3) is 5.86. The number of hydrogen-bond donors (Lipinski definition) is 2. The van der Waals surface area contributed by atoms with Crippen LogP contribution >= 0.6 is 11.8 Å². The first-order chi connectivity index (χ1) is 10.1. The van der Waals surface area contributed by atoms with E-state index in [-0.39, 0.29) is 11.1 Å². The van der Waals surface area contributed by atoms with Crippen LogP contribution in [0.25, 0.3) is 0 Å². The predicted molar refractivity (Wildman–Crippen MR) is 84.0 cm³/mol. The summed E-state index contributed by atoms with van der Waals surface area (Å²) in [4.78, 5) is 10.8. The third-order valence-corrected chi connectivity index (χ3v) is 3.50. The van der Waals surface area contributed by atoms with Gasteiger partial charge in [-0.1, -0.05) is 49.4 Å². The van der Waals surface area contributed by atoms with Crippen molar-refractivity contribution < 1.29 is 15.0 Å². The summed E-state index contributed by atoms with van der Waals surface area (Å²) in [6, 6.07) is 4.22. The molecule has 0 saturated heterocycles. The molecular weight excluding hydrogens is 290 g/mol. The first-order valence-electron chi connectivity index (χ1n) is 6.58. The Bertz CT molecular complexity index is 544. The summed E-state index contributed by atoms with van der Waals surface area (Å²) >= 11 is 1.41. The number of carboxylic acids is 1. The molecule has 0 amide bonds. The number of aromatic carboxylic acids is 1. The molecule has 0 atom stereocenters. The molecule has 0 aromatic heterocycles. The Kier molecular flexibility index (Phi) is 7.31. The molecule has 0 unspecified atom stereocenters. The standard InChI is InChI=1S/C14H19N3O3S/c1-2-3-4-8-21-14(15)17-16-9-10-6-5-7-11(12(10)18)13(19)20/h5-7,9,18H,2-4,8H2,1H3,(H2,15,17)(H,19,20)/p-1/b16-9+. The zero-order valence-electron chi connectivity index (χ0n) is 11.8. The van der Waals surface area contributed by atoms with E-state index < -0.39 is 11.7 Å². The number of unbranched alkanes of at least 4 members (excludes halogenated alkanes) is 2. The lowest BCUT2D eigenvalue weighted by molar-refractivity contribution is -0.269. The maximum atomic E-state index is 11.8. The van der Waals surface area contributed by atoms with Crippen molar-refractivity contribution in [2.75, 3.05) is 5.75 Å².